The van der Waals surface area contributed by atoms with Crippen LogP contribution in [-0.2, 0) is 11.3 Å². The van der Waals surface area contributed by atoms with Crippen LogP contribution < -0.4 is 5.73 Å². The molecule has 0 spiro atoms. The van der Waals surface area contributed by atoms with Gasteiger partial charge in [-0.05, 0) is 20.3 Å². The molecule has 2 atom stereocenters. The highest BCUT2D eigenvalue weighted by atomic mass is 16.5. The van der Waals surface area contributed by atoms with E-state index < -0.39 is 6.10 Å². The second kappa shape index (κ2) is 7.45. The summed E-state index contributed by atoms with van der Waals surface area (Å²) in [5.41, 5.74) is 6.72. The Morgan fingerprint density at radius 3 is 2.83 bits per heavy atom. The molecule has 0 aromatic carbocycles. The van der Waals surface area contributed by atoms with E-state index in [0.29, 0.717) is 13.2 Å². The van der Waals surface area contributed by atoms with Crippen molar-refractivity contribution >= 4 is 0 Å². The van der Waals surface area contributed by atoms with Gasteiger partial charge in [-0.3, -0.25) is 0 Å². The summed E-state index contributed by atoms with van der Waals surface area (Å²) >= 11 is 0. The van der Waals surface area contributed by atoms with E-state index in [0.717, 1.165) is 18.5 Å². The number of hydrogen-bond donors (Lipinski definition) is 2. The monoisotopic (exact) mass is 256 g/mol. The Kier molecular flexibility index (Phi) is 6.24. The summed E-state index contributed by atoms with van der Waals surface area (Å²) < 4.78 is 6.94. The van der Waals surface area contributed by atoms with Crippen molar-refractivity contribution in [2.24, 2.45) is 5.73 Å². The molecule has 0 amide bonds. The number of aromatic nitrogens is 3. The number of aliphatic hydroxyl groups excluding tert-OH is 1. The minimum atomic E-state index is -0.579. The normalized spacial score (nSPS) is 15.0. The van der Waals surface area contributed by atoms with Crippen molar-refractivity contribution in [3.8, 4) is 0 Å². The van der Waals surface area contributed by atoms with Gasteiger partial charge < -0.3 is 15.6 Å². The highest BCUT2D eigenvalue weighted by Gasteiger charge is 2.12. The Labute approximate surface area is 108 Å². The van der Waals surface area contributed by atoms with Gasteiger partial charge in [0.15, 0.2) is 0 Å². The van der Waals surface area contributed by atoms with E-state index in [4.69, 9.17) is 10.5 Å². The van der Waals surface area contributed by atoms with Gasteiger partial charge in [0.05, 0.1) is 43.3 Å². The number of hydrogen-bond acceptors (Lipinski definition) is 5. The molecule has 0 radical (unpaired) electrons. The van der Waals surface area contributed by atoms with E-state index in [-0.39, 0.29) is 12.1 Å². The first-order chi connectivity index (χ1) is 8.52. The third-order valence-corrected chi connectivity index (χ3v) is 2.56. The van der Waals surface area contributed by atoms with Gasteiger partial charge in [0.2, 0.25) is 0 Å². The van der Waals surface area contributed by atoms with Gasteiger partial charge in [-0.2, -0.15) is 0 Å². The number of rotatable bonds is 8. The van der Waals surface area contributed by atoms with Gasteiger partial charge in [-0.1, -0.05) is 18.6 Å². The Hall–Kier alpha value is -0.980. The first-order valence-electron chi connectivity index (χ1n) is 6.48. The number of aliphatic hydroxyl groups is 1. The molecule has 1 aromatic rings. The van der Waals surface area contributed by atoms with Crippen LogP contribution in [0.25, 0.3) is 0 Å². The fourth-order valence-electron chi connectivity index (χ4n) is 1.60. The lowest BCUT2D eigenvalue weighted by atomic mass is 10.1. The van der Waals surface area contributed by atoms with Crippen LogP contribution in [0.15, 0.2) is 6.20 Å². The van der Waals surface area contributed by atoms with Crippen LogP contribution >= 0.6 is 0 Å². The summed E-state index contributed by atoms with van der Waals surface area (Å²) in [6.45, 7) is 6.62. The van der Waals surface area contributed by atoms with Crippen LogP contribution in [0.3, 0.4) is 0 Å². The predicted molar refractivity (Wildman–Crippen MR) is 69.0 cm³/mol. The van der Waals surface area contributed by atoms with Crippen molar-refractivity contribution < 1.29 is 9.84 Å². The molecule has 6 nitrogen and oxygen atoms in total. The quantitative estimate of drug-likeness (QED) is 0.720. The van der Waals surface area contributed by atoms with Crippen LogP contribution in [0.4, 0.5) is 0 Å². The van der Waals surface area contributed by atoms with Crippen LogP contribution in [0.2, 0.25) is 0 Å². The highest BCUT2D eigenvalue weighted by Crippen LogP contribution is 2.12. The molecule has 0 bridgehead atoms. The van der Waals surface area contributed by atoms with E-state index in [1.807, 2.05) is 13.8 Å². The standard InChI is InChI=1S/C12H24N4O2/c1-4-5-11(13)12-7-16(15-14-12)6-10(17)8-18-9(2)3/h7,9-11,17H,4-6,8,13H2,1-3H3. The number of nitrogens with zero attached hydrogens (tertiary/aromatic N) is 3. The summed E-state index contributed by atoms with van der Waals surface area (Å²) in [4.78, 5) is 0. The molecule has 0 saturated carbocycles. The third-order valence-electron chi connectivity index (χ3n) is 2.56. The molecule has 6 heteroatoms. The second-order valence-electron chi connectivity index (χ2n) is 4.80. The molecule has 0 aliphatic heterocycles. The van der Waals surface area contributed by atoms with E-state index in [9.17, 15) is 5.11 Å². The summed E-state index contributed by atoms with van der Waals surface area (Å²) in [5, 5.41) is 17.7. The summed E-state index contributed by atoms with van der Waals surface area (Å²) in [6.07, 6.45) is 3.23. The van der Waals surface area contributed by atoms with Crippen molar-refractivity contribution in [1.82, 2.24) is 15.0 Å². The molecule has 104 valence electrons. The van der Waals surface area contributed by atoms with Gasteiger partial charge in [-0.15, -0.1) is 5.10 Å². The highest BCUT2D eigenvalue weighted by molar-refractivity contribution is 4.99. The molecule has 0 fully saturated rings. The molecule has 3 N–H and O–H groups in total. The van der Waals surface area contributed by atoms with Crippen molar-refractivity contribution in [3.63, 3.8) is 0 Å². The lowest BCUT2D eigenvalue weighted by Crippen LogP contribution is -2.24. The van der Waals surface area contributed by atoms with E-state index in [2.05, 4.69) is 17.2 Å². The van der Waals surface area contributed by atoms with Gasteiger partial charge in [0, 0.05) is 0 Å². The predicted octanol–water partition coefficient (Wildman–Crippen LogP) is 0.864. The van der Waals surface area contributed by atoms with Gasteiger partial charge in [0.25, 0.3) is 0 Å². The zero-order chi connectivity index (χ0) is 13.5. The molecule has 0 saturated heterocycles. The maximum absolute atomic E-state index is 9.76. The number of ether oxygens (including phenoxy) is 1. The average molecular weight is 256 g/mol. The first kappa shape index (κ1) is 15.1. The lowest BCUT2D eigenvalue weighted by Gasteiger charge is -2.13. The lowest BCUT2D eigenvalue weighted by molar-refractivity contribution is -0.00221. The van der Waals surface area contributed by atoms with Crippen LogP contribution in [0.1, 0.15) is 45.3 Å². The van der Waals surface area contributed by atoms with Crippen LogP contribution in [0, 0.1) is 0 Å². The minimum absolute atomic E-state index is 0.0761. The van der Waals surface area contributed by atoms with Crippen molar-refractivity contribution in [2.45, 2.75) is 58.4 Å². The average Bonchev–Trinajstić information content (AvgIpc) is 2.75. The maximum Gasteiger partial charge on any atom is 0.0994 e. The summed E-state index contributed by atoms with van der Waals surface area (Å²) in [5.74, 6) is 0. The third kappa shape index (κ3) is 5.12. The Morgan fingerprint density at radius 2 is 2.22 bits per heavy atom. The Bertz CT molecular complexity index is 341. The van der Waals surface area contributed by atoms with E-state index in [1.54, 1.807) is 10.9 Å². The second-order valence-corrected chi connectivity index (χ2v) is 4.80. The topological polar surface area (TPSA) is 86.2 Å². The fraction of sp³-hybridized carbons (Fsp3) is 0.833. The summed E-state index contributed by atoms with van der Waals surface area (Å²) in [6, 6.07) is -0.0761. The van der Waals surface area contributed by atoms with Crippen molar-refractivity contribution in [3.05, 3.63) is 11.9 Å². The Morgan fingerprint density at radius 1 is 1.50 bits per heavy atom. The largest absolute Gasteiger partial charge is 0.389 e. The van der Waals surface area contributed by atoms with E-state index in [1.165, 1.54) is 0 Å². The molecule has 1 rings (SSSR count). The molecule has 0 aliphatic rings. The van der Waals surface area contributed by atoms with Crippen molar-refractivity contribution in [1.29, 1.82) is 0 Å². The zero-order valence-corrected chi connectivity index (χ0v) is 11.4. The van der Waals surface area contributed by atoms with Gasteiger partial charge >= 0.3 is 0 Å². The van der Waals surface area contributed by atoms with Crippen LogP contribution in [0.5, 0.6) is 0 Å². The zero-order valence-electron chi connectivity index (χ0n) is 11.4. The first-order valence-corrected chi connectivity index (χ1v) is 6.48. The SMILES string of the molecule is CCCC(N)c1cn(CC(O)COC(C)C)nn1. The smallest absolute Gasteiger partial charge is 0.0994 e. The van der Waals surface area contributed by atoms with Crippen LogP contribution in [-0.4, -0.2) is 38.9 Å². The van der Waals surface area contributed by atoms with Crippen molar-refractivity contribution in [2.75, 3.05) is 6.61 Å². The van der Waals surface area contributed by atoms with Gasteiger partial charge in [0.1, 0.15) is 0 Å². The maximum atomic E-state index is 9.76. The minimum Gasteiger partial charge on any atom is -0.389 e. The van der Waals surface area contributed by atoms with Gasteiger partial charge in [-0.25, -0.2) is 4.68 Å². The molecule has 1 aromatic heterocycles. The van der Waals surface area contributed by atoms with E-state index >= 15 is 0 Å². The molecule has 2 unspecified atom stereocenters. The molecular weight excluding hydrogens is 232 g/mol. The summed E-state index contributed by atoms with van der Waals surface area (Å²) in [7, 11) is 0. The fourth-order valence-corrected chi connectivity index (χ4v) is 1.60. The molecule has 1 heterocycles. The Balaban J connectivity index is 2.43. The molecule has 18 heavy (non-hydrogen) atoms. The number of nitrogens with two attached hydrogens (primary N) is 1. The molecular formula is C12H24N4O2. The molecule has 0 aliphatic carbocycles.